The number of carbonyl (C=O) groups excluding carboxylic acids is 1. The molecule has 0 bridgehead atoms. The maximum Gasteiger partial charge on any atom is 0.252 e. The molecule has 0 aromatic carbocycles. The fourth-order valence-corrected chi connectivity index (χ4v) is 2.50. The zero-order valence-corrected chi connectivity index (χ0v) is 12.5. The van der Waals surface area contributed by atoms with Crippen molar-refractivity contribution < 1.29 is 4.79 Å². The summed E-state index contributed by atoms with van der Waals surface area (Å²) in [6.45, 7) is 7.37. The van der Waals surface area contributed by atoms with E-state index in [1.165, 1.54) is 11.1 Å². The average molecular weight is 270 g/mol. The van der Waals surface area contributed by atoms with Crippen LogP contribution in [0.5, 0.6) is 0 Å². The standard InChI is InChI=1S/C17H22N2O/c1-4-14-10-11-16(20)19(17(14)18-5-2)12-15-9-7-6-8-13(15)3/h4,8-11H,5-7,12H2,1-3H3/b14-4-,18-17?. The van der Waals surface area contributed by atoms with E-state index < -0.39 is 0 Å². The van der Waals surface area contributed by atoms with Crippen LogP contribution in [0, 0.1) is 0 Å². The van der Waals surface area contributed by atoms with Gasteiger partial charge in [0.25, 0.3) is 5.91 Å². The highest BCUT2D eigenvalue weighted by atomic mass is 16.2. The molecule has 106 valence electrons. The van der Waals surface area contributed by atoms with E-state index >= 15 is 0 Å². The fraction of sp³-hybridized carbons (Fsp3) is 0.412. The van der Waals surface area contributed by atoms with Gasteiger partial charge in [0.1, 0.15) is 5.84 Å². The van der Waals surface area contributed by atoms with Gasteiger partial charge in [-0.05, 0) is 45.3 Å². The number of carbonyl (C=O) groups is 1. The molecule has 0 fully saturated rings. The molecule has 3 heteroatoms. The third-order valence-electron chi connectivity index (χ3n) is 3.65. The van der Waals surface area contributed by atoms with Gasteiger partial charge in [0.2, 0.25) is 0 Å². The second-order valence-corrected chi connectivity index (χ2v) is 4.99. The lowest BCUT2D eigenvalue weighted by Crippen LogP contribution is -2.40. The second kappa shape index (κ2) is 6.51. The third kappa shape index (κ3) is 2.98. The normalized spacial score (nSPS) is 23.4. The van der Waals surface area contributed by atoms with Crippen LogP contribution in [0.1, 0.15) is 33.6 Å². The van der Waals surface area contributed by atoms with Crippen LogP contribution in [0.25, 0.3) is 0 Å². The molecule has 0 aromatic heterocycles. The lowest BCUT2D eigenvalue weighted by molar-refractivity contribution is -0.122. The Hall–Kier alpha value is -1.90. The maximum absolute atomic E-state index is 12.2. The van der Waals surface area contributed by atoms with Gasteiger partial charge in [0.15, 0.2) is 0 Å². The minimum Gasteiger partial charge on any atom is -0.289 e. The molecular weight excluding hydrogens is 248 g/mol. The second-order valence-electron chi connectivity index (χ2n) is 4.99. The van der Waals surface area contributed by atoms with E-state index in [0.717, 1.165) is 24.3 Å². The summed E-state index contributed by atoms with van der Waals surface area (Å²) in [5.41, 5.74) is 3.53. The monoisotopic (exact) mass is 270 g/mol. The van der Waals surface area contributed by atoms with Gasteiger partial charge in [0.05, 0.1) is 6.54 Å². The molecule has 1 amide bonds. The van der Waals surface area contributed by atoms with Crippen molar-refractivity contribution in [1.82, 2.24) is 4.90 Å². The molecule has 0 atom stereocenters. The van der Waals surface area contributed by atoms with Crippen LogP contribution in [0.3, 0.4) is 0 Å². The molecule has 2 aliphatic rings. The zero-order valence-electron chi connectivity index (χ0n) is 12.5. The van der Waals surface area contributed by atoms with Crippen molar-refractivity contribution in [3.8, 4) is 0 Å². The van der Waals surface area contributed by atoms with E-state index in [9.17, 15) is 4.79 Å². The molecule has 1 aliphatic heterocycles. The Morgan fingerprint density at radius 3 is 2.70 bits per heavy atom. The molecule has 1 aliphatic carbocycles. The van der Waals surface area contributed by atoms with Crippen LogP contribution >= 0.6 is 0 Å². The summed E-state index contributed by atoms with van der Waals surface area (Å²) in [5.74, 6) is 0.809. The van der Waals surface area contributed by atoms with Gasteiger partial charge >= 0.3 is 0 Å². The lowest BCUT2D eigenvalue weighted by atomic mass is 9.98. The summed E-state index contributed by atoms with van der Waals surface area (Å²) in [6.07, 6.45) is 12.1. The predicted octanol–water partition coefficient (Wildman–Crippen LogP) is 3.42. The van der Waals surface area contributed by atoms with Gasteiger partial charge in [0, 0.05) is 18.2 Å². The number of allylic oxidation sites excluding steroid dienone is 3. The quantitative estimate of drug-likeness (QED) is 0.773. The highest BCUT2D eigenvalue weighted by Crippen LogP contribution is 2.22. The Morgan fingerprint density at radius 1 is 1.30 bits per heavy atom. The van der Waals surface area contributed by atoms with E-state index in [4.69, 9.17) is 0 Å². The molecule has 0 saturated carbocycles. The topological polar surface area (TPSA) is 32.7 Å². The zero-order chi connectivity index (χ0) is 14.5. The van der Waals surface area contributed by atoms with E-state index in [1.54, 1.807) is 11.0 Å². The first-order valence-electron chi connectivity index (χ1n) is 7.24. The Balaban J connectivity index is 2.30. The number of hydrogen-bond acceptors (Lipinski definition) is 2. The van der Waals surface area contributed by atoms with E-state index in [2.05, 4.69) is 24.1 Å². The first kappa shape index (κ1) is 14.5. The fourth-order valence-electron chi connectivity index (χ4n) is 2.50. The number of aliphatic imine (C=N–C) groups is 1. The molecule has 1 heterocycles. The summed E-state index contributed by atoms with van der Waals surface area (Å²) in [6, 6.07) is 0. The highest BCUT2D eigenvalue weighted by molar-refractivity contribution is 6.15. The summed E-state index contributed by atoms with van der Waals surface area (Å²) in [5, 5.41) is 0. The minimum atomic E-state index is 0.0158. The van der Waals surface area contributed by atoms with E-state index in [-0.39, 0.29) is 5.91 Å². The Labute approximate surface area is 121 Å². The smallest absolute Gasteiger partial charge is 0.252 e. The molecule has 3 nitrogen and oxygen atoms in total. The summed E-state index contributed by atoms with van der Waals surface area (Å²) >= 11 is 0. The Morgan fingerprint density at radius 2 is 2.05 bits per heavy atom. The molecule has 0 radical (unpaired) electrons. The Kier molecular flexibility index (Phi) is 4.72. The molecule has 20 heavy (non-hydrogen) atoms. The third-order valence-corrected chi connectivity index (χ3v) is 3.65. The van der Waals surface area contributed by atoms with Crippen molar-refractivity contribution in [3.63, 3.8) is 0 Å². The van der Waals surface area contributed by atoms with Crippen LogP contribution in [0.2, 0.25) is 0 Å². The molecule has 0 saturated heterocycles. The van der Waals surface area contributed by atoms with Crippen molar-refractivity contribution >= 4 is 11.7 Å². The molecule has 2 rings (SSSR count). The molecule has 0 aromatic rings. The number of amidine groups is 1. The minimum absolute atomic E-state index is 0.0158. The van der Waals surface area contributed by atoms with Crippen LogP contribution < -0.4 is 0 Å². The number of rotatable bonds is 3. The summed E-state index contributed by atoms with van der Waals surface area (Å²) in [7, 11) is 0. The van der Waals surface area contributed by atoms with Gasteiger partial charge in [-0.25, -0.2) is 0 Å². The van der Waals surface area contributed by atoms with E-state index in [1.807, 2.05) is 26.0 Å². The largest absolute Gasteiger partial charge is 0.289 e. The van der Waals surface area contributed by atoms with Gasteiger partial charge in [-0.15, -0.1) is 0 Å². The van der Waals surface area contributed by atoms with Crippen molar-refractivity contribution in [2.75, 3.05) is 13.1 Å². The number of nitrogens with zero attached hydrogens (tertiary/aromatic N) is 2. The summed E-state index contributed by atoms with van der Waals surface area (Å²) < 4.78 is 0. The average Bonchev–Trinajstić information content (AvgIpc) is 2.45. The summed E-state index contributed by atoms with van der Waals surface area (Å²) in [4.78, 5) is 18.5. The molecule has 0 N–H and O–H groups in total. The first-order chi connectivity index (χ1) is 9.67. The molecular formula is C17H22N2O. The van der Waals surface area contributed by atoms with Gasteiger partial charge in [-0.3, -0.25) is 14.7 Å². The van der Waals surface area contributed by atoms with Gasteiger partial charge < -0.3 is 0 Å². The Bertz CT molecular complexity index is 547. The van der Waals surface area contributed by atoms with Gasteiger partial charge in [-0.2, -0.15) is 0 Å². The molecule has 0 spiro atoms. The van der Waals surface area contributed by atoms with Crippen molar-refractivity contribution in [2.24, 2.45) is 4.99 Å². The first-order valence-corrected chi connectivity index (χ1v) is 7.24. The van der Waals surface area contributed by atoms with Crippen LogP contribution in [-0.4, -0.2) is 29.7 Å². The van der Waals surface area contributed by atoms with Crippen LogP contribution in [0.15, 0.2) is 52.1 Å². The maximum atomic E-state index is 12.2. The molecule has 0 unspecified atom stereocenters. The van der Waals surface area contributed by atoms with Crippen molar-refractivity contribution in [3.05, 3.63) is 47.1 Å². The van der Waals surface area contributed by atoms with Crippen LogP contribution in [0.4, 0.5) is 0 Å². The lowest BCUT2D eigenvalue weighted by Gasteiger charge is -2.29. The van der Waals surface area contributed by atoms with Crippen molar-refractivity contribution in [2.45, 2.75) is 33.6 Å². The SMILES string of the molecule is C/C=C1/C=CC(=O)N(CC2=CCCC=C2C)C1=NCC. The van der Waals surface area contributed by atoms with E-state index in [0.29, 0.717) is 13.1 Å². The number of amides is 1. The highest BCUT2D eigenvalue weighted by Gasteiger charge is 2.24. The van der Waals surface area contributed by atoms with Gasteiger partial charge in [-0.1, -0.05) is 23.8 Å². The van der Waals surface area contributed by atoms with Crippen LogP contribution in [-0.2, 0) is 4.79 Å². The van der Waals surface area contributed by atoms with Crippen molar-refractivity contribution in [1.29, 1.82) is 0 Å². The predicted molar refractivity (Wildman–Crippen MR) is 83.7 cm³/mol. The number of hydrogen-bond donors (Lipinski definition) is 0.